The van der Waals surface area contributed by atoms with Gasteiger partial charge in [-0.05, 0) is 48.7 Å². The van der Waals surface area contributed by atoms with Crippen molar-refractivity contribution in [1.29, 1.82) is 0 Å². The smallest absolute Gasteiger partial charge is 0.339 e. The standard InChI is InChI=1S/C23H18F3N7OS/c1-2-27-22(34)29-13-5-3-4-12(10-13)19-30-16-8-9-35-18(16)20(33-19)28-14-6-7-15-17(11-14)32-21(31-15)23(24,25)26/h3-11H,2H2,1H3,(H,31,32)(H2,27,29,34)(H,28,30,33). The number of hydrogen-bond donors (Lipinski definition) is 4. The molecule has 0 aliphatic rings. The van der Waals surface area contributed by atoms with Gasteiger partial charge < -0.3 is 20.9 Å². The van der Waals surface area contributed by atoms with E-state index in [-0.39, 0.29) is 17.1 Å². The normalized spacial score (nSPS) is 11.7. The first kappa shape index (κ1) is 22.6. The third-order valence-electron chi connectivity index (χ3n) is 5.03. The van der Waals surface area contributed by atoms with Crippen molar-refractivity contribution in [2.45, 2.75) is 13.1 Å². The zero-order valence-electron chi connectivity index (χ0n) is 18.2. The number of anilines is 3. The highest BCUT2D eigenvalue weighted by Crippen LogP contribution is 2.33. The molecule has 0 aliphatic carbocycles. The molecular formula is C23H18F3N7OS. The number of imidazole rings is 1. The van der Waals surface area contributed by atoms with E-state index in [9.17, 15) is 18.0 Å². The number of carbonyl (C=O) groups is 1. The van der Waals surface area contributed by atoms with Crippen molar-refractivity contribution in [1.82, 2.24) is 25.3 Å². The molecule has 0 radical (unpaired) electrons. The summed E-state index contributed by atoms with van der Waals surface area (Å²) in [6.45, 7) is 2.33. The number of alkyl halides is 3. The fourth-order valence-corrected chi connectivity index (χ4v) is 4.28. The molecule has 0 saturated carbocycles. The molecule has 0 spiro atoms. The molecule has 0 unspecified atom stereocenters. The lowest BCUT2D eigenvalue weighted by Crippen LogP contribution is -2.28. The summed E-state index contributed by atoms with van der Waals surface area (Å²) in [5, 5.41) is 10.5. The molecule has 0 saturated heterocycles. The van der Waals surface area contributed by atoms with E-state index in [2.05, 4.69) is 35.9 Å². The van der Waals surface area contributed by atoms with E-state index in [1.54, 1.807) is 30.3 Å². The third-order valence-corrected chi connectivity index (χ3v) is 5.94. The van der Waals surface area contributed by atoms with Crippen molar-refractivity contribution in [3.05, 3.63) is 59.7 Å². The fraction of sp³-hybridized carbons (Fsp3) is 0.130. The number of thiophene rings is 1. The molecule has 2 aromatic carbocycles. The van der Waals surface area contributed by atoms with Crippen LogP contribution in [0, 0.1) is 0 Å². The minimum atomic E-state index is -4.56. The molecule has 5 rings (SSSR count). The Morgan fingerprint density at radius 1 is 1.03 bits per heavy atom. The number of hydrogen-bond acceptors (Lipinski definition) is 6. The minimum Gasteiger partial charge on any atom is -0.339 e. The van der Waals surface area contributed by atoms with Gasteiger partial charge in [0.05, 0.1) is 21.3 Å². The number of amides is 2. The third kappa shape index (κ3) is 4.73. The van der Waals surface area contributed by atoms with Gasteiger partial charge in [0, 0.05) is 23.5 Å². The second-order valence-corrected chi connectivity index (χ2v) is 8.45. The predicted octanol–water partition coefficient (Wildman–Crippen LogP) is 6.14. The number of rotatable bonds is 5. The van der Waals surface area contributed by atoms with Gasteiger partial charge in [-0.1, -0.05) is 12.1 Å². The van der Waals surface area contributed by atoms with E-state index in [1.807, 2.05) is 24.4 Å². The van der Waals surface area contributed by atoms with Crippen LogP contribution in [0.2, 0.25) is 0 Å². The average molecular weight is 498 g/mol. The first-order valence-corrected chi connectivity index (χ1v) is 11.4. The van der Waals surface area contributed by atoms with Crippen molar-refractivity contribution in [3.8, 4) is 11.4 Å². The molecule has 3 aromatic heterocycles. The van der Waals surface area contributed by atoms with E-state index < -0.39 is 12.0 Å². The maximum atomic E-state index is 13.0. The Hall–Kier alpha value is -4.19. The van der Waals surface area contributed by atoms with E-state index in [1.165, 1.54) is 17.4 Å². The molecule has 2 amide bonds. The lowest BCUT2D eigenvalue weighted by molar-refractivity contribution is -0.144. The van der Waals surface area contributed by atoms with Crippen LogP contribution in [0.5, 0.6) is 0 Å². The van der Waals surface area contributed by atoms with Crippen LogP contribution >= 0.6 is 11.3 Å². The summed E-state index contributed by atoms with van der Waals surface area (Å²) in [6, 6.07) is 13.4. The Morgan fingerprint density at radius 2 is 1.89 bits per heavy atom. The largest absolute Gasteiger partial charge is 0.449 e. The highest BCUT2D eigenvalue weighted by molar-refractivity contribution is 7.17. The van der Waals surface area contributed by atoms with Gasteiger partial charge in [0.2, 0.25) is 5.82 Å². The number of aromatic amines is 1. The predicted molar refractivity (Wildman–Crippen MR) is 130 cm³/mol. The van der Waals surface area contributed by atoms with Crippen LogP contribution in [-0.4, -0.2) is 32.5 Å². The molecule has 0 bridgehead atoms. The molecule has 4 N–H and O–H groups in total. The van der Waals surface area contributed by atoms with Gasteiger partial charge in [0.25, 0.3) is 0 Å². The van der Waals surface area contributed by atoms with E-state index in [0.29, 0.717) is 40.6 Å². The maximum Gasteiger partial charge on any atom is 0.449 e. The van der Waals surface area contributed by atoms with Crippen LogP contribution in [-0.2, 0) is 6.18 Å². The number of halogens is 3. The summed E-state index contributed by atoms with van der Waals surface area (Å²) in [5.41, 5.74) is 3.00. The Balaban J connectivity index is 1.49. The molecule has 8 nitrogen and oxygen atoms in total. The summed E-state index contributed by atoms with van der Waals surface area (Å²) in [5.74, 6) is -0.104. The molecule has 0 aliphatic heterocycles. The Bertz CT molecular complexity index is 1540. The number of H-pyrrole nitrogens is 1. The van der Waals surface area contributed by atoms with Gasteiger partial charge in [-0.25, -0.2) is 19.7 Å². The highest BCUT2D eigenvalue weighted by atomic mass is 32.1. The monoisotopic (exact) mass is 497 g/mol. The average Bonchev–Trinajstić information content (AvgIpc) is 3.46. The van der Waals surface area contributed by atoms with Crippen molar-refractivity contribution >= 4 is 55.8 Å². The highest BCUT2D eigenvalue weighted by Gasteiger charge is 2.34. The molecular weight excluding hydrogens is 479 g/mol. The first-order valence-electron chi connectivity index (χ1n) is 10.5. The van der Waals surface area contributed by atoms with Crippen LogP contribution in [0.15, 0.2) is 53.9 Å². The molecule has 3 heterocycles. The van der Waals surface area contributed by atoms with Crippen molar-refractivity contribution in [3.63, 3.8) is 0 Å². The van der Waals surface area contributed by atoms with E-state index >= 15 is 0 Å². The molecule has 5 aromatic rings. The minimum absolute atomic E-state index is 0.212. The number of fused-ring (bicyclic) bond motifs is 2. The first-order chi connectivity index (χ1) is 16.8. The lowest BCUT2D eigenvalue weighted by atomic mass is 10.2. The number of carbonyl (C=O) groups excluding carboxylic acids is 1. The van der Waals surface area contributed by atoms with Crippen LogP contribution in [0.4, 0.5) is 35.2 Å². The van der Waals surface area contributed by atoms with Gasteiger partial charge in [-0.2, -0.15) is 13.2 Å². The van der Waals surface area contributed by atoms with Gasteiger partial charge in [-0.3, -0.25) is 0 Å². The summed E-state index contributed by atoms with van der Waals surface area (Å²) in [7, 11) is 0. The van der Waals surface area contributed by atoms with E-state index in [4.69, 9.17) is 0 Å². The van der Waals surface area contributed by atoms with Crippen molar-refractivity contribution in [2.75, 3.05) is 17.2 Å². The molecule has 35 heavy (non-hydrogen) atoms. The van der Waals surface area contributed by atoms with Crippen molar-refractivity contribution in [2.24, 2.45) is 0 Å². The number of aromatic nitrogens is 4. The Labute approximate surface area is 200 Å². The SMILES string of the molecule is CCNC(=O)Nc1cccc(-c2nc(Nc3ccc4nc(C(F)(F)F)[nH]c4c3)c3sccc3n2)c1. The topological polar surface area (TPSA) is 108 Å². The number of urea groups is 1. The summed E-state index contributed by atoms with van der Waals surface area (Å²) in [6.07, 6.45) is -4.56. The van der Waals surface area contributed by atoms with E-state index in [0.717, 1.165) is 4.70 Å². The summed E-state index contributed by atoms with van der Waals surface area (Å²) < 4.78 is 39.8. The molecule has 0 fully saturated rings. The van der Waals surface area contributed by atoms with Crippen LogP contribution in [0.25, 0.3) is 32.6 Å². The maximum absolute atomic E-state index is 13.0. The lowest BCUT2D eigenvalue weighted by Gasteiger charge is -2.10. The summed E-state index contributed by atoms with van der Waals surface area (Å²) >= 11 is 1.44. The second kappa shape index (κ2) is 8.87. The zero-order chi connectivity index (χ0) is 24.6. The van der Waals surface area contributed by atoms with Gasteiger partial charge >= 0.3 is 12.2 Å². The molecule has 12 heteroatoms. The number of nitrogens with zero attached hydrogens (tertiary/aromatic N) is 3. The molecule has 0 atom stereocenters. The zero-order valence-corrected chi connectivity index (χ0v) is 19.0. The van der Waals surface area contributed by atoms with Crippen molar-refractivity contribution < 1.29 is 18.0 Å². The molecule has 178 valence electrons. The van der Waals surface area contributed by atoms with Crippen LogP contribution in [0.1, 0.15) is 12.7 Å². The van der Waals surface area contributed by atoms with Crippen LogP contribution < -0.4 is 16.0 Å². The Morgan fingerprint density at radius 3 is 2.69 bits per heavy atom. The van der Waals surface area contributed by atoms with Crippen LogP contribution in [0.3, 0.4) is 0 Å². The number of nitrogens with one attached hydrogen (secondary N) is 4. The van der Waals surface area contributed by atoms with Gasteiger partial charge in [0.1, 0.15) is 0 Å². The quantitative estimate of drug-likeness (QED) is 0.233. The second-order valence-electron chi connectivity index (χ2n) is 7.54. The van der Waals surface area contributed by atoms with Gasteiger partial charge in [-0.15, -0.1) is 11.3 Å². The number of benzene rings is 2. The fourth-order valence-electron chi connectivity index (χ4n) is 3.51. The summed E-state index contributed by atoms with van der Waals surface area (Å²) in [4.78, 5) is 27.1. The van der Waals surface area contributed by atoms with Gasteiger partial charge in [0.15, 0.2) is 11.6 Å². The Kier molecular flexibility index (Phi) is 5.73.